The van der Waals surface area contributed by atoms with Crippen LogP contribution in [0.2, 0.25) is 0 Å². The molecule has 166 valence electrons. The first kappa shape index (κ1) is 21.5. The van der Waals surface area contributed by atoms with Crippen LogP contribution < -0.4 is 4.90 Å². The SMILES string of the molecule is CC(C)n1c(C2CCN(C(=O)c3ccc(N4CCCC4)c([N+](=O)[O-])c3)CC2)n[nH]c1=S. The molecular weight excluding hydrogens is 416 g/mol. The Hall–Kier alpha value is -2.75. The largest absolute Gasteiger partial charge is 0.366 e. The standard InChI is InChI=1S/C21H28N6O3S/c1-14(2)26-19(22-23-21(26)31)15-7-11-25(12-8-15)20(28)16-5-6-17(18(13-16)27(29)30)24-9-3-4-10-24/h5-6,13-15H,3-4,7-12H2,1-2H3,(H,23,31). The van der Waals surface area contributed by atoms with Gasteiger partial charge in [0.25, 0.3) is 11.6 Å². The van der Waals surface area contributed by atoms with Gasteiger partial charge in [0, 0.05) is 49.8 Å². The van der Waals surface area contributed by atoms with Crippen molar-refractivity contribution in [1.82, 2.24) is 19.7 Å². The van der Waals surface area contributed by atoms with Crippen molar-refractivity contribution in [3.05, 3.63) is 44.5 Å². The molecule has 2 fully saturated rings. The van der Waals surface area contributed by atoms with E-state index in [1.165, 1.54) is 6.07 Å². The van der Waals surface area contributed by atoms with E-state index < -0.39 is 0 Å². The molecule has 2 aromatic rings. The van der Waals surface area contributed by atoms with Crippen molar-refractivity contribution < 1.29 is 9.72 Å². The summed E-state index contributed by atoms with van der Waals surface area (Å²) in [6, 6.07) is 5.10. The lowest BCUT2D eigenvalue weighted by Crippen LogP contribution is -2.38. The smallest absolute Gasteiger partial charge is 0.293 e. The second-order valence-corrected chi connectivity index (χ2v) is 8.96. The summed E-state index contributed by atoms with van der Waals surface area (Å²) >= 11 is 5.35. The van der Waals surface area contributed by atoms with Crippen LogP contribution in [0.25, 0.3) is 0 Å². The van der Waals surface area contributed by atoms with Crippen LogP contribution in [0.4, 0.5) is 11.4 Å². The van der Waals surface area contributed by atoms with E-state index in [-0.39, 0.29) is 28.5 Å². The Labute approximate surface area is 186 Å². The molecule has 10 heteroatoms. The van der Waals surface area contributed by atoms with Crippen LogP contribution in [-0.4, -0.2) is 56.7 Å². The summed E-state index contributed by atoms with van der Waals surface area (Å²) in [5.74, 6) is 1.02. The first-order valence-electron chi connectivity index (χ1n) is 10.9. The van der Waals surface area contributed by atoms with Gasteiger partial charge in [-0.25, -0.2) is 0 Å². The number of anilines is 1. The van der Waals surface area contributed by atoms with Gasteiger partial charge in [-0.05, 0) is 63.9 Å². The predicted molar refractivity (Wildman–Crippen MR) is 120 cm³/mol. The zero-order valence-corrected chi connectivity index (χ0v) is 18.7. The minimum atomic E-state index is -0.384. The lowest BCUT2D eigenvalue weighted by Gasteiger charge is -2.32. The Kier molecular flexibility index (Phi) is 6.08. The molecular formula is C21H28N6O3S. The number of hydrogen-bond acceptors (Lipinski definition) is 6. The molecule has 3 heterocycles. The average molecular weight is 445 g/mol. The summed E-state index contributed by atoms with van der Waals surface area (Å²) in [6.45, 7) is 6.96. The van der Waals surface area contributed by atoms with Gasteiger partial charge in [-0.2, -0.15) is 5.10 Å². The van der Waals surface area contributed by atoms with E-state index in [1.54, 1.807) is 17.0 Å². The molecule has 0 atom stereocenters. The third kappa shape index (κ3) is 4.21. The zero-order chi connectivity index (χ0) is 22.1. The van der Waals surface area contributed by atoms with Crippen molar-refractivity contribution in [2.75, 3.05) is 31.1 Å². The molecule has 0 unspecified atom stereocenters. The highest BCUT2D eigenvalue weighted by Crippen LogP contribution is 2.33. The molecule has 0 spiro atoms. The molecule has 1 N–H and O–H groups in total. The molecule has 0 saturated carbocycles. The number of benzene rings is 1. The quantitative estimate of drug-likeness (QED) is 0.424. The third-order valence-corrected chi connectivity index (χ3v) is 6.55. The van der Waals surface area contributed by atoms with E-state index in [0.717, 1.165) is 44.6 Å². The van der Waals surface area contributed by atoms with E-state index in [9.17, 15) is 14.9 Å². The number of H-pyrrole nitrogens is 1. The number of aromatic amines is 1. The molecule has 0 bridgehead atoms. The first-order valence-corrected chi connectivity index (χ1v) is 11.3. The molecule has 31 heavy (non-hydrogen) atoms. The van der Waals surface area contributed by atoms with Gasteiger partial charge in [-0.15, -0.1) is 0 Å². The van der Waals surface area contributed by atoms with Gasteiger partial charge in [0.05, 0.1) is 4.92 Å². The number of piperidine rings is 1. The molecule has 2 saturated heterocycles. The van der Waals surface area contributed by atoms with Gasteiger partial charge in [0.2, 0.25) is 0 Å². The topological polar surface area (TPSA) is 100 Å². The number of likely N-dealkylation sites (tertiary alicyclic amines) is 1. The zero-order valence-electron chi connectivity index (χ0n) is 17.9. The Morgan fingerprint density at radius 3 is 2.52 bits per heavy atom. The minimum absolute atomic E-state index is 0.00936. The average Bonchev–Trinajstić information content (AvgIpc) is 3.43. The molecule has 0 aliphatic carbocycles. The summed E-state index contributed by atoms with van der Waals surface area (Å²) in [4.78, 5) is 28.2. The van der Waals surface area contributed by atoms with Gasteiger partial charge in [0.15, 0.2) is 4.77 Å². The van der Waals surface area contributed by atoms with Gasteiger partial charge < -0.3 is 14.4 Å². The Bertz CT molecular complexity index is 1030. The number of nitro groups is 1. The van der Waals surface area contributed by atoms with Crippen molar-refractivity contribution in [1.29, 1.82) is 0 Å². The lowest BCUT2D eigenvalue weighted by molar-refractivity contribution is -0.384. The van der Waals surface area contributed by atoms with Crippen LogP contribution in [0.3, 0.4) is 0 Å². The van der Waals surface area contributed by atoms with Crippen LogP contribution in [0, 0.1) is 14.9 Å². The summed E-state index contributed by atoms with van der Waals surface area (Å²) in [5.41, 5.74) is 0.988. The molecule has 9 nitrogen and oxygen atoms in total. The number of nitro benzene ring substituents is 1. The summed E-state index contributed by atoms with van der Waals surface area (Å²) in [7, 11) is 0. The van der Waals surface area contributed by atoms with Gasteiger partial charge in [0.1, 0.15) is 11.5 Å². The Balaban J connectivity index is 1.48. The fourth-order valence-electron chi connectivity index (χ4n) is 4.66. The number of carbonyl (C=O) groups excluding carboxylic acids is 1. The normalized spacial score (nSPS) is 17.5. The highest BCUT2D eigenvalue weighted by Gasteiger charge is 2.30. The van der Waals surface area contributed by atoms with E-state index >= 15 is 0 Å². The van der Waals surface area contributed by atoms with Crippen LogP contribution in [0.5, 0.6) is 0 Å². The van der Waals surface area contributed by atoms with Crippen LogP contribution in [-0.2, 0) is 0 Å². The fourth-order valence-corrected chi connectivity index (χ4v) is 5.01. The maximum absolute atomic E-state index is 13.1. The Morgan fingerprint density at radius 2 is 1.90 bits per heavy atom. The van der Waals surface area contributed by atoms with Crippen molar-refractivity contribution in [2.45, 2.75) is 51.5 Å². The molecule has 1 aromatic heterocycles. The van der Waals surface area contributed by atoms with E-state index in [1.807, 2.05) is 9.47 Å². The monoisotopic (exact) mass is 444 g/mol. The van der Waals surface area contributed by atoms with E-state index in [0.29, 0.717) is 29.1 Å². The number of amides is 1. The lowest BCUT2D eigenvalue weighted by atomic mass is 9.95. The molecule has 1 aromatic carbocycles. The Morgan fingerprint density at radius 1 is 1.23 bits per heavy atom. The number of rotatable bonds is 5. The van der Waals surface area contributed by atoms with Gasteiger partial charge in [-0.1, -0.05) is 0 Å². The number of nitrogens with one attached hydrogen (secondary N) is 1. The first-order chi connectivity index (χ1) is 14.9. The number of carbonyl (C=O) groups is 1. The highest BCUT2D eigenvalue weighted by atomic mass is 32.1. The maximum Gasteiger partial charge on any atom is 0.293 e. The number of aromatic nitrogens is 3. The van der Waals surface area contributed by atoms with Gasteiger partial charge in [-0.3, -0.25) is 20.0 Å². The van der Waals surface area contributed by atoms with Crippen molar-refractivity contribution >= 4 is 29.5 Å². The summed E-state index contributed by atoms with van der Waals surface area (Å²) in [5, 5.41) is 19.0. The predicted octanol–water partition coefficient (Wildman–Crippen LogP) is 4.05. The fraction of sp³-hybridized carbons (Fsp3) is 0.571. The highest BCUT2D eigenvalue weighted by molar-refractivity contribution is 7.71. The van der Waals surface area contributed by atoms with E-state index in [4.69, 9.17) is 12.2 Å². The minimum Gasteiger partial charge on any atom is -0.366 e. The van der Waals surface area contributed by atoms with E-state index in [2.05, 4.69) is 24.0 Å². The van der Waals surface area contributed by atoms with Crippen LogP contribution in [0.15, 0.2) is 18.2 Å². The molecule has 4 rings (SSSR count). The van der Waals surface area contributed by atoms with Gasteiger partial charge >= 0.3 is 0 Å². The second kappa shape index (κ2) is 8.78. The molecule has 2 aliphatic heterocycles. The van der Waals surface area contributed by atoms with Crippen LogP contribution >= 0.6 is 12.2 Å². The molecule has 0 radical (unpaired) electrons. The van der Waals surface area contributed by atoms with Crippen molar-refractivity contribution in [3.8, 4) is 0 Å². The molecule has 2 aliphatic rings. The summed E-state index contributed by atoms with van der Waals surface area (Å²) in [6.07, 6.45) is 3.64. The number of hydrogen-bond donors (Lipinski definition) is 1. The van der Waals surface area contributed by atoms with Crippen LogP contribution in [0.1, 0.15) is 67.7 Å². The summed E-state index contributed by atoms with van der Waals surface area (Å²) < 4.78 is 2.66. The maximum atomic E-state index is 13.1. The molecule has 1 amide bonds. The number of nitrogens with zero attached hydrogens (tertiary/aromatic N) is 5. The van der Waals surface area contributed by atoms with Crippen molar-refractivity contribution in [2.24, 2.45) is 0 Å². The third-order valence-electron chi connectivity index (χ3n) is 6.26. The van der Waals surface area contributed by atoms with Crippen molar-refractivity contribution in [3.63, 3.8) is 0 Å². The second-order valence-electron chi connectivity index (χ2n) is 8.57.